The number of nitrogens with one attached hydrogen (secondary N) is 3. The lowest BCUT2D eigenvalue weighted by molar-refractivity contribution is 0.0977. The Morgan fingerprint density at radius 1 is 1.15 bits per heavy atom. The first kappa shape index (κ1) is 25.1. The zero-order valence-corrected chi connectivity index (χ0v) is 20.3. The van der Waals surface area contributed by atoms with E-state index in [0.717, 1.165) is 12.8 Å². The van der Waals surface area contributed by atoms with E-state index in [1.54, 1.807) is 36.4 Å². The molecule has 0 aliphatic carbocycles. The molecule has 1 fully saturated rings. The average Bonchev–Trinajstić information content (AvgIpc) is 3.31. The van der Waals surface area contributed by atoms with Gasteiger partial charge in [-0.1, -0.05) is 13.8 Å². The standard InChI is InChI=1S/C23H29N3O5S2/c1-16(2)15-31-19-9-5-17(6-10-19)22(27)26-23(32)25-18-7-11-21(12-8-18)33(28,29)24-14-20-4-3-13-30-20/h5-12,16,20,24H,3-4,13-15H2,1-2H3,(H2,25,26,27,32). The van der Waals surface area contributed by atoms with Gasteiger partial charge in [0.2, 0.25) is 10.0 Å². The molecule has 2 aromatic carbocycles. The molecule has 10 heteroatoms. The summed E-state index contributed by atoms with van der Waals surface area (Å²) in [7, 11) is -3.63. The lowest BCUT2D eigenvalue weighted by atomic mass is 10.2. The second-order valence-corrected chi connectivity index (χ2v) is 10.3. The SMILES string of the molecule is CC(C)COc1ccc(C(=O)NC(=S)Nc2ccc(S(=O)(=O)NCC3CCCO3)cc2)cc1. The van der Waals surface area contributed by atoms with Crippen molar-refractivity contribution in [1.29, 1.82) is 0 Å². The molecule has 178 valence electrons. The molecular formula is C23H29N3O5S2. The van der Waals surface area contributed by atoms with Gasteiger partial charge in [-0.2, -0.15) is 0 Å². The van der Waals surface area contributed by atoms with Gasteiger partial charge in [0, 0.05) is 24.4 Å². The predicted molar refractivity (Wildman–Crippen MR) is 131 cm³/mol. The summed E-state index contributed by atoms with van der Waals surface area (Å²) in [5.74, 6) is 0.745. The number of carbonyl (C=O) groups excluding carboxylic acids is 1. The third-order valence-corrected chi connectivity index (χ3v) is 6.52. The Kier molecular flexibility index (Phi) is 8.79. The number of rotatable bonds is 9. The Hall–Kier alpha value is -2.53. The molecule has 0 aromatic heterocycles. The van der Waals surface area contributed by atoms with Crippen LogP contribution >= 0.6 is 12.2 Å². The van der Waals surface area contributed by atoms with Crippen LogP contribution in [0.1, 0.15) is 37.0 Å². The third-order valence-electron chi connectivity index (χ3n) is 4.87. The first-order valence-electron chi connectivity index (χ1n) is 10.8. The first-order chi connectivity index (χ1) is 15.7. The predicted octanol–water partition coefficient (Wildman–Crippen LogP) is 3.31. The fraction of sp³-hybridized carbons (Fsp3) is 0.391. The van der Waals surface area contributed by atoms with Gasteiger partial charge in [-0.05, 0) is 79.5 Å². The Bertz CT molecular complexity index is 1050. The highest BCUT2D eigenvalue weighted by Gasteiger charge is 2.20. The number of thiocarbonyl (C=S) groups is 1. The van der Waals surface area contributed by atoms with Crippen molar-refractivity contribution in [3.05, 3.63) is 54.1 Å². The van der Waals surface area contributed by atoms with Crippen molar-refractivity contribution in [2.75, 3.05) is 25.1 Å². The molecular weight excluding hydrogens is 462 g/mol. The van der Waals surface area contributed by atoms with Gasteiger partial charge in [0.05, 0.1) is 17.6 Å². The van der Waals surface area contributed by atoms with Crippen molar-refractivity contribution < 1.29 is 22.7 Å². The average molecular weight is 492 g/mol. The van der Waals surface area contributed by atoms with Crippen LogP contribution in [-0.4, -0.2) is 45.3 Å². The maximum Gasteiger partial charge on any atom is 0.257 e. The van der Waals surface area contributed by atoms with Crippen LogP contribution < -0.4 is 20.1 Å². The highest BCUT2D eigenvalue weighted by atomic mass is 32.2. The number of benzene rings is 2. The molecule has 33 heavy (non-hydrogen) atoms. The summed E-state index contributed by atoms with van der Waals surface area (Å²) in [4.78, 5) is 12.6. The van der Waals surface area contributed by atoms with Gasteiger partial charge in [-0.15, -0.1) is 0 Å². The maximum absolute atomic E-state index is 12.4. The topological polar surface area (TPSA) is 106 Å². The molecule has 0 bridgehead atoms. The van der Waals surface area contributed by atoms with Crippen molar-refractivity contribution in [1.82, 2.24) is 10.0 Å². The summed E-state index contributed by atoms with van der Waals surface area (Å²) < 4.78 is 38.5. The summed E-state index contributed by atoms with van der Waals surface area (Å²) in [6.07, 6.45) is 1.72. The van der Waals surface area contributed by atoms with Crippen LogP contribution in [0.4, 0.5) is 5.69 Å². The van der Waals surface area contributed by atoms with Crippen LogP contribution in [-0.2, 0) is 14.8 Å². The van der Waals surface area contributed by atoms with E-state index < -0.39 is 10.0 Å². The molecule has 1 saturated heterocycles. The van der Waals surface area contributed by atoms with Crippen molar-refractivity contribution in [2.45, 2.75) is 37.7 Å². The normalized spacial score (nSPS) is 15.9. The number of amides is 1. The van der Waals surface area contributed by atoms with Crippen LogP contribution in [0.15, 0.2) is 53.4 Å². The van der Waals surface area contributed by atoms with E-state index in [9.17, 15) is 13.2 Å². The highest BCUT2D eigenvalue weighted by molar-refractivity contribution is 7.89. The fourth-order valence-electron chi connectivity index (χ4n) is 3.11. The van der Waals surface area contributed by atoms with Gasteiger partial charge in [0.1, 0.15) is 5.75 Å². The third kappa shape index (κ3) is 7.78. The Morgan fingerprint density at radius 2 is 1.85 bits per heavy atom. The molecule has 1 amide bonds. The number of carbonyl (C=O) groups is 1. The lowest BCUT2D eigenvalue weighted by Crippen LogP contribution is -2.34. The molecule has 1 aliphatic heterocycles. The zero-order valence-electron chi connectivity index (χ0n) is 18.7. The lowest BCUT2D eigenvalue weighted by Gasteiger charge is -2.13. The molecule has 0 saturated carbocycles. The number of hydrogen-bond acceptors (Lipinski definition) is 6. The van der Waals surface area contributed by atoms with Gasteiger partial charge in [0.25, 0.3) is 5.91 Å². The van der Waals surface area contributed by atoms with E-state index in [1.807, 2.05) is 0 Å². The molecule has 3 N–H and O–H groups in total. The summed E-state index contributed by atoms with van der Waals surface area (Å²) in [6.45, 7) is 5.65. The van der Waals surface area contributed by atoms with Crippen LogP contribution in [0.3, 0.4) is 0 Å². The molecule has 1 aliphatic rings. The molecule has 3 rings (SSSR count). The van der Waals surface area contributed by atoms with E-state index in [-0.39, 0.29) is 28.6 Å². The maximum atomic E-state index is 12.4. The van der Waals surface area contributed by atoms with Gasteiger partial charge in [-0.25, -0.2) is 13.1 Å². The van der Waals surface area contributed by atoms with Gasteiger partial charge < -0.3 is 14.8 Å². The Labute approximate surface area is 200 Å². The fourth-order valence-corrected chi connectivity index (χ4v) is 4.39. The van der Waals surface area contributed by atoms with Crippen LogP contribution in [0.5, 0.6) is 5.75 Å². The molecule has 1 atom stereocenters. The van der Waals surface area contributed by atoms with Crippen molar-refractivity contribution in [2.24, 2.45) is 5.92 Å². The molecule has 0 radical (unpaired) electrons. The van der Waals surface area contributed by atoms with Crippen molar-refractivity contribution >= 4 is 38.9 Å². The molecule has 0 spiro atoms. The zero-order chi connectivity index (χ0) is 23.8. The summed E-state index contributed by atoms with van der Waals surface area (Å²) in [5, 5.41) is 5.59. The van der Waals surface area contributed by atoms with Crippen LogP contribution in [0.25, 0.3) is 0 Å². The molecule has 2 aromatic rings. The van der Waals surface area contributed by atoms with Gasteiger partial charge in [-0.3, -0.25) is 10.1 Å². The highest BCUT2D eigenvalue weighted by Crippen LogP contribution is 2.16. The molecule has 1 unspecified atom stereocenters. The largest absolute Gasteiger partial charge is 0.493 e. The smallest absolute Gasteiger partial charge is 0.257 e. The minimum absolute atomic E-state index is 0.0783. The number of anilines is 1. The molecule has 8 nitrogen and oxygen atoms in total. The van der Waals surface area contributed by atoms with E-state index in [0.29, 0.717) is 36.1 Å². The second-order valence-electron chi connectivity index (χ2n) is 8.15. The number of hydrogen-bond donors (Lipinski definition) is 3. The monoisotopic (exact) mass is 491 g/mol. The van der Waals surface area contributed by atoms with Crippen LogP contribution in [0.2, 0.25) is 0 Å². The summed E-state index contributed by atoms with van der Waals surface area (Å²) in [6, 6.07) is 12.9. The summed E-state index contributed by atoms with van der Waals surface area (Å²) >= 11 is 5.21. The van der Waals surface area contributed by atoms with Gasteiger partial charge >= 0.3 is 0 Å². The molecule has 1 heterocycles. The minimum Gasteiger partial charge on any atom is -0.493 e. The number of ether oxygens (including phenoxy) is 2. The quantitative estimate of drug-likeness (QED) is 0.462. The van der Waals surface area contributed by atoms with E-state index >= 15 is 0 Å². The van der Waals surface area contributed by atoms with Crippen molar-refractivity contribution in [3.63, 3.8) is 0 Å². The second kappa shape index (κ2) is 11.6. The van der Waals surface area contributed by atoms with Crippen molar-refractivity contribution in [3.8, 4) is 5.75 Å². The Balaban J connectivity index is 1.50. The first-order valence-corrected chi connectivity index (χ1v) is 12.7. The number of sulfonamides is 1. The minimum atomic E-state index is -3.63. The van der Waals surface area contributed by atoms with E-state index in [1.165, 1.54) is 12.1 Å². The van der Waals surface area contributed by atoms with Crippen LogP contribution in [0, 0.1) is 5.92 Å². The van der Waals surface area contributed by atoms with E-state index in [2.05, 4.69) is 29.2 Å². The van der Waals surface area contributed by atoms with Gasteiger partial charge in [0.15, 0.2) is 5.11 Å². The Morgan fingerprint density at radius 3 is 2.45 bits per heavy atom. The summed E-state index contributed by atoms with van der Waals surface area (Å²) in [5.41, 5.74) is 0.991. The van der Waals surface area contributed by atoms with E-state index in [4.69, 9.17) is 21.7 Å².